The molecule has 0 saturated carbocycles. The zero-order valence-corrected chi connectivity index (χ0v) is 22.1. The van der Waals surface area contributed by atoms with Crippen molar-refractivity contribution < 1.29 is 14.7 Å². The number of nitrogens with zero attached hydrogens (tertiary/aromatic N) is 2. The highest BCUT2D eigenvalue weighted by atomic mass is 35.5. The molecule has 1 aliphatic heterocycles. The molecule has 1 saturated heterocycles. The summed E-state index contributed by atoms with van der Waals surface area (Å²) in [4.78, 5) is 32.8. The number of amides is 1. The molecule has 0 unspecified atom stereocenters. The zero-order valence-electron chi connectivity index (χ0n) is 20.6. The van der Waals surface area contributed by atoms with Crippen LogP contribution in [0, 0.1) is 12.3 Å². The Balaban J connectivity index is 1.96. The van der Waals surface area contributed by atoms with Gasteiger partial charge >= 0.3 is 5.97 Å². The molecule has 5 nitrogen and oxygen atoms in total. The van der Waals surface area contributed by atoms with E-state index in [9.17, 15) is 14.7 Å². The number of piperidine rings is 1. The van der Waals surface area contributed by atoms with Crippen molar-refractivity contribution >= 4 is 35.1 Å². The lowest BCUT2D eigenvalue weighted by Gasteiger charge is -2.51. The Bertz CT molecular complexity index is 1260. The topological polar surface area (TPSA) is 70.5 Å². The van der Waals surface area contributed by atoms with Crippen molar-refractivity contribution in [1.29, 1.82) is 0 Å². The fraction of sp³-hybridized carbons (Fsp3) is 0.345. The molecule has 188 valence electrons. The van der Waals surface area contributed by atoms with Gasteiger partial charge in [-0.1, -0.05) is 61.3 Å². The van der Waals surface area contributed by atoms with E-state index < -0.39 is 11.4 Å². The first-order valence-electron chi connectivity index (χ1n) is 12.1. The Morgan fingerprint density at radius 1 is 1.11 bits per heavy atom. The summed E-state index contributed by atoms with van der Waals surface area (Å²) in [6, 6.07) is 18.4. The van der Waals surface area contributed by atoms with Gasteiger partial charge in [0.05, 0.1) is 29.6 Å². The average molecular weight is 525 g/mol. The number of carbonyl (C=O) groups excluding carboxylic acids is 1. The van der Waals surface area contributed by atoms with Gasteiger partial charge in [-0.25, -0.2) is 0 Å². The van der Waals surface area contributed by atoms with Crippen LogP contribution < -0.4 is 0 Å². The van der Waals surface area contributed by atoms with Gasteiger partial charge in [-0.2, -0.15) is 0 Å². The first-order chi connectivity index (χ1) is 17.1. The second-order valence-corrected chi connectivity index (χ2v) is 10.8. The highest BCUT2D eigenvalue weighted by Crippen LogP contribution is 2.54. The normalized spacial score (nSPS) is 22.9. The number of benzene rings is 2. The third-order valence-electron chi connectivity index (χ3n) is 7.13. The van der Waals surface area contributed by atoms with Crippen molar-refractivity contribution in [2.24, 2.45) is 5.41 Å². The van der Waals surface area contributed by atoms with E-state index in [0.29, 0.717) is 22.9 Å². The predicted molar refractivity (Wildman–Crippen MR) is 142 cm³/mol. The molecule has 36 heavy (non-hydrogen) atoms. The molecule has 0 spiro atoms. The van der Waals surface area contributed by atoms with Crippen molar-refractivity contribution in [2.45, 2.75) is 58.0 Å². The number of hydrogen-bond acceptors (Lipinski definition) is 3. The molecule has 0 bridgehead atoms. The number of aryl methyl sites for hydroxylation is 1. The number of carboxylic acid groups (broad SMARTS) is 1. The van der Waals surface area contributed by atoms with Crippen LogP contribution >= 0.6 is 23.2 Å². The van der Waals surface area contributed by atoms with Gasteiger partial charge in [0.15, 0.2) is 0 Å². The van der Waals surface area contributed by atoms with Gasteiger partial charge in [0, 0.05) is 22.2 Å². The van der Waals surface area contributed by atoms with E-state index in [1.165, 1.54) is 0 Å². The molecule has 7 heteroatoms. The smallest absolute Gasteiger partial charge is 0.304 e. The Hall–Kier alpha value is -2.89. The molecule has 3 aromatic rings. The summed E-state index contributed by atoms with van der Waals surface area (Å²) < 4.78 is 0. The standard InChI is InChI=1S/C29H30Cl2N2O3/c1-4-25(24-14-18(2)12-13-32-24)33-27(19-8-10-21(30)11-9-19)23(20-6-5-7-22(31)15-20)16-29(3,28(33)36)17-26(34)35/h5-15,23,25,27H,4,16-17H2,1-3H3,(H,34,35)/t23-,25+,27-,29-/m1/s1. The van der Waals surface area contributed by atoms with Crippen molar-refractivity contribution in [2.75, 3.05) is 0 Å². The fourth-order valence-electron chi connectivity index (χ4n) is 5.51. The van der Waals surface area contributed by atoms with Gasteiger partial charge in [0.25, 0.3) is 0 Å². The van der Waals surface area contributed by atoms with Crippen LogP contribution in [0.25, 0.3) is 0 Å². The van der Waals surface area contributed by atoms with Crippen LogP contribution in [0.5, 0.6) is 0 Å². The van der Waals surface area contributed by atoms with E-state index >= 15 is 0 Å². The van der Waals surface area contributed by atoms with Gasteiger partial charge in [-0.3, -0.25) is 14.6 Å². The van der Waals surface area contributed by atoms with Crippen LogP contribution in [0.1, 0.15) is 73.5 Å². The first kappa shape index (κ1) is 26.2. The molecule has 0 aliphatic carbocycles. The maximum atomic E-state index is 14.3. The molecular weight excluding hydrogens is 495 g/mol. The highest BCUT2D eigenvalue weighted by Gasteiger charge is 2.52. The predicted octanol–water partition coefficient (Wildman–Crippen LogP) is 7.39. The third-order valence-corrected chi connectivity index (χ3v) is 7.62. The lowest BCUT2D eigenvalue weighted by atomic mass is 9.67. The summed E-state index contributed by atoms with van der Waals surface area (Å²) in [7, 11) is 0. The molecule has 1 aliphatic rings. The van der Waals surface area contributed by atoms with Crippen LogP contribution in [0.15, 0.2) is 66.9 Å². The van der Waals surface area contributed by atoms with E-state index in [2.05, 4.69) is 4.98 Å². The summed E-state index contributed by atoms with van der Waals surface area (Å²) in [5.41, 5.74) is 2.63. The summed E-state index contributed by atoms with van der Waals surface area (Å²) in [6.07, 6.45) is 2.49. The van der Waals surface area contributed by atoms with Crippen molar-refractivity contribution in [3.63, 3.8) is 0 Å². The molecule has 1 amide bonds. The Morgan fingerprint density at radius 3 is 2.44 bits per heavy atom. The lowest BCUT2D eigenvalue weighted by Crippen LogP contribution is -2.53. The largest absolute Gasteiger partial charge is 0.481 e. The fourth-order valence-corrected chi connectivity index (χ4v) is 5.84. The van der Waals surface area contributed by atoms with Gasteiger partial charge < -0.3 is 10.0 Å². The van der Waals surface area contributed by atoms with E-state index in [1.807, 2.05) is 79.4 Å². The molecule has 1 N–H and O–H groups in total. The molecule has 1 fully saturated rings. The van der Waals surface area contributed by atoms with Crippen molar-refractivity contribution in [3.05, 3.63) is 99.3 Å². The maximum absolute atomic E-state index is 14.3. The van der Waals surface area contributed by atoms with Crippen molar-refractivity contribution in [1.82, 2.24) is 9.88 Å². The van der Waals surface area contributed by atoms with Crippen molar-refractivity contribution in [3.8, 4) is 0 Å². The average Bonchev–Trinajstić information content (AvgIpc) is 2.82. The Kier molecular flexibility index (Phi) is 7.72. The quantitative estimate of drug-likeness (QED) is 0.349. The highest BCUT2D eigenvalue weighted by molar-refractivity contribution is 6.30. The van der Waals surface area contributed by atoms with Gasteiger partial charge in [-0.15, -0.1) is 0 Å². The Labute approximate surface area is 222 Å². The summed E-state index contributed by atoms with van der Waals surface area (Å²) in [5, 5.41) is 11.0. The van der Waals surface area contributed by atoms with E-state index in [1.54, 1.807) is 13.1 Å². The monoisotopic (exact) mass is 524 g/mol. The second-order valence-electron chi connectivity index (χ2n) is 9.89. The molecule has 0 radical (unpaired) electrons. The van der Waals surface area contributed by atoms with Crippen LogP contribution in [0.2, 0.25) is 10.0 Å². The number of likely N-dealkylation sites (tertiary alicyclic amines) is 1. The minimum atomic E-state index is -1.10. The number of carboxylic acids is 1. The minimum absolute atomic E-state index is 0.182. The molecular formula is C29H30Cl2N2O3. The third kappa shape index (κ3) is 5.28. The number of halogens is 2. The summed E-state index contributed by atoms with van der Waals surface area (Å²) in [5.74, 6) is -1.37. The number of aromatic nitrogens is 1. The number of aliphatic carboxylic acids is 1. The van der Waals surface area contributed by atoms with E-state index in [4.69, 9.17) is 23.2 Å². The lowest BCUT2D eigenvalue weighted by molar-refractivity contribution is -0.161. The van der Waals surface area contributed by atoms with Gasteiger partial charge in [0.1, 0.15) is 0 Å². The SMILES string of the molecule is CC[C@@H](c1cc(C)ccn1)N1C(=O)[C@@](C)(CC(=O)O)C[C@H](c2cccc(Cl)c2)[C@H]1c1ccc(Cl)cc1. The maximum Gasteiger partial charge on any atom is 0.304 e. The number of rotatable bonds is 7. The van der Waals surface area contributed by atoms with Gasteiger partial charge in [-0.05, 0) is 72.9 Å². The molecule has 2 heterocycles. The first-order valence-corrected chi connectivity index (χ1v) is 12.9. The van der Waals surface area contributed by atoms with Crippen LogP contribution in [0.4, 0.5) is 0 Å². The molecule has 4 rings (SSSR count). The molecule has 4 atom stereocenters. The zero-order chi connectivity index (χ0) is 26.0. The second kappa shape index (κ2) is 10.6. The molecule has 1 aromatic heterocycles. The number of hydrogen-bond donors (Lipinski definition) is 1. The van der Waals surface area contributed by atoms with E-state index in [0.717, 1.165) is 22.4 Å². The minimum Gasteiger partial charge on any atom is -0.481 e. The molecule has 2 aromatic carbocycles. The van der Waals surface area contributed by atoms with Gasteiger partial charge in [0.2, 0.25) is 5.91 Å². The summed E-state index contributed by atoms with van der Waals surface area (Å²) >= 11 is 12.6. The summed E-state index contributed by atoms with van der Waals surface area (Å²) in [6.45, 7) is 5.79. The number of pyridine rings is 1. The number of carbonyl (C=O) groups is 2. The van der Waals surface area contributed by atoms with E-state index in [-0.39, 0.29) is 30.3 Å². The Morgan fingerprint density at radius 2 is 1.83 bits per heavy atom. The van der Waals surface area contributed by atoms with Crippen LogP contribution in [0.3, 0.4) is 0 Å². The van der Waals surface area contributed by atoms with Crippen LogP contribution in [-0.4, -0.2) is 26.9 Å². The van der Waals surface area contributed by atoms with Crippen LogP contribution in [-0.2, 0) is 9.59 Å².